The molecule has 0 aliphatic carbocycles. The van der Waals surface area contributed by atoms with Crippen molar-refractivity contribution in [3.8, 4) is 11.8 Å². The van der Waals surface area contributed by atoms with Crippen LogP contribution in [0, 0.1) is 11.8 Å². The number of hydrogen-bond donors (Lipinski definition) is 2. The lowest BCUT2D eigenvalue weighted by atomic mass is 9.82. The highest BCUT2D eigenvalue weighted by Gasteiger charge is 2.56. The van der Waals surface area contributed by atoms with Gasteiger partial charge in [-0.3, -0.25) is 10.1 Å². The summed E-state index contributed by atoms with van der Waals surface area (Å²) in [5, 5.41) is 17.1. The molecule has 3 aromatic heterocycles. The van der Waals surface area contributed by atoms with Crippen LogP contribution in [0.25, 0.3) is 9.66 Å². The van der Waals surface area contributed by atoms with Crippen LogP contribution in [0.15, 0.2) is 35.0 Å². The van der Waals surface area contributed by atoms with Crippen molar-refractivity contribution >= 4 is 71.7 Å². The molecule has 4 heterocycles. The number of hydrogen-bond acceptors (Lipinski definition) is 11. The van der Waals surface area contributed by atoms with E-state index in [1.54, 1.807) is 31.2 Å². The van der Waals surface area contributed by atoms with Crippen LogP contribution < -0.4 is 5.32 Å². The molecule has 1 aromatic carbocycles. The van der Waals surface area contributed by atoms with Gasteiger partial charge in [-0.1, -0.05) is 57.6 Å². The Balaban J connectivity index is 1.28. The van der Waals surface area contributed by atoms with Gasteiger partial charge in [0.15, 0.2) is 14.7 Å². The van der Waals surface area contributed by atoms with E-state index >= 15 is 0 Å². The van der Waals surface area contributed by atoms with Crippen LogP contribution in [-0.4, -0.2) is 64.4 Å². The normalized spacial score (nSPS) is 15.7. The molecule has 12 nitrogen and oxygen atoms in total. The first-order chi connectivity index (χ1) is 18.5. The molecule has 16 heteroatoms. The molecule has 202 valence electrons. The van der Waals surface area contributed by atoms with Gasteiger partial charge in [0.05, 0.1) is 12.5 Å². The summed E-state index contributed by atoms with van der Waals surface area (Å²) in [6, 6.07) is 7.02. The minimum atomic E-state index is -3.50. The fourth-order valence-corrected chi connectivity index (χ4v) is 7.01. The van der Waals surface area contributed by atoms with Gasteiger partial charge in [-0.2, -0.15) is 4.31 Å². The maximum absolute atomic E-state index is 12.4. The lowest BCUT2D eigenvalue weighted by Gasteiger charge is -2.43. The molecular weight excluding hydrogens is 590 g/mol. The number of ether oxygens (including phenoxy) is 1. The molecular formula is C23H18ClN5O7S3. The molecule has 39 heavy (non-hydrogen) atoms. The van der Waals surface area contributed by atoms with Gasteiger partial charge in [0.25, 0.3) is 0 Å². The molecule has 1 fully saturated rings. The van der Waals surface area contributed by atoms with E-state index in [1.165, 1.54) is 6.20 Å². The molecule has 1 unspecified atom stereocenters. The number of carboxylic acid groups (broad SMARTS) is 1. The van der Waals surface area contributed by atoms with Crippen LogP contribution in [-0.2, 0) is 25.0 Å². The number of aromatic nitrogens is 3. The number of carbonyl (C=O) groups is 2. The quantitative estimate of drug-likeness (QED) is 0.309. The van der Waals surface area contributed by atoms with E-state index < -0.39 is 33.6 Å². The van der Waals surface area contributed by atoms with Crippen LogP contribution in [0.3, 0.4) is 0 Å². The number of nitrogens with one attached hydrogen (secondary N) is 1. The van der Waals surface area contributed by atoms with Gasteiger partial charge in [-0.05, 0) is 24.8 Å². The number of nitrogens with zero attached hydrogens (tertiary/aromatic N) is 4. The number of sulfonamides is 1. The predicted molar refractivity (Wildman–Crippen MR) is 143 cm³/mol. The maximum Gasteiger partial charge on any atom is 0.412 e. The van der Waals surface area contributed by atoms with Crippen LogP contribution in [0.4, 0.5) is 10.5 Å². The van der Waals surface area contributed by atoms with E-state index in [2.05, 4.69) is 32.3 Å². The topological polar surface area (TPSA) is 165 Å². The fourth-order valence-electron chi connectivity index (χ4n) is 3.75. The summed E-state index contributed by atoms with van der Waals surface area (Å²) in [4.78, 5) is 34.1. The smallest absolute Gasteiger partial charge is 0.412 e. The maximum atomic E-state index is 12.4. The molecule has 2 N–H and O–H groups in total. The number of thiazole rings is 2. The molecule has 0 bridgehead atoms. The minimum Gasteiger partial charge on any atom is -0.480 e. The van der Waals surface area contributed by atoms with Crippen LogP contribution >= 0.6 is 34.3 Å². The van der Waals surface area contributed by atoms with Crippen molar-refractivity contribution < 1.29 is 32.4 Å². The van der Waals surface area contributed by atoms with Crippen molar-refractivity contribution in [2.45, 2.75) is 18.4 Å². The zero-order valence-electron chi connectivity index (χ0n) is 20.2. The lowest BCUT2D eigenvalue weighted by molar-refractivity contribution is -0.148. The zero-order valence-corrected chi connectivity index (χ0v) is 23.4. The lowest BCUT2D eigenvalue weighted by Crippen LogP contribution is -2.64. The third-order valence-corrected chi connectivity index (χ3v) is 9.56. The first kappa shape index (κ1) is 27.0. The Morgan fingerprint density at radius 3 is 2.62 bits per heavy atom. The van der Waals surface area contributed by atoms with E-state index in [1.807, 2.05) is 0 Å². The van der Waals surface area contributed by atoms with Crippen molar-refractivity contribution in [1.82, 2.24) is 19.4 Å². The zero-order chi connectivity index (χ0) is 27.9. The number of benzene rings is 1. The van der Waals surface area contributed by atoms with Crippen molar-refractivity contribution in [2.24, 2.45) is 0 Å². The second-order valence-corrected chi connectivity index (χ2v) is 12.9. The number of carboxylic acids is 1. The van der Waals surface area contributed by atoms with Gasteiger partial charge >= 0.3 is 12.1 Å². The van der Waals surface area contributed by atoms with Crippen LogP contribution in [0.2, 0.25) is 5.02 Å². The monoisotopic (exact) mass is 607 g/mol. The molecule has 1 amide bonds. The van der Waals surface area contributed by atoms with Crippen LogP contribution in [0.5, 0.6) is 0 Å². The summed E-state index contributed by atoms with van der Waals surface area (Å²) < 4.78 is 35.1. The van der Waals surface area contributed by atoms with E-state index in [0.717, 1.165) is 33.2 Å². The highest BCUT2D eigenvalue weighted by atomic mass is 35.5. The summed E-state index contributed by atoms with van der Waals surface area (Å²) >= 11 is 8.37. The van der Waals surface area contributed by atoms with E-state index in [0.29, 0.717) is 25.3 Å². The number of carbonyl (C=O) groups excluding carboxylic acids is 1. The van der Waals surface area contributed by atoms with E-state index in [9.17, 15) is 23.1 Å². The predicted octanol–water partition coefficient (Wildman–Crippen LogP) is 3.70. The third-order valence-electron chi connectivity index (χ3n) is 5.87. The van der Waals surface area contributed by atoms with Gasteiger partial charge in [-0.25, -0.2) is 23.2 Å². The molecule has 0 spiro atoms. The summed E-state index contributed by atoms with van der Waals surface area (Å²) in [5.74, 6) is 4.51. The van der Waals surface area contributed by atoms with Crippen molar-refractivity contribution in [2.75, 3.05) is 24.7 Å². The number of rotatable bonds is 6. The van der Waals surface area contributed by atoms with Crippen molar-refractivity contribution in [1.29, 1.82) is 0 Å². The van der Waals surface area contributed by atoms with Crippen molar-refractivity contribution in [3.05, 3.63) is 56.8 Å². The molecule has 4 aromatic rings. The Morgan fingerprint density at radius 2 is 1.95 bits per heavy atom. The van der Waals surface area contributed by atoms with Gasteiger partial charge < -0.3 is 14.4 Å². The molecule has 1 aliphatic heterocycles. The average molecular weight is 608 g/mol. The minimum absolute atomic E-state index is 0.0738. The summed E-state index contributed by atoms with van der Waals surface area (Å²) in [7, 11) is -3.50. The summed E-state index contributed by atoms with van der Waals surface area (Å²) in [6.45, 7) is 1.32. The fraction of sp³-hybridized carbons (Fsp3) is 0.261. The number of aliphatic carboxylic acids is 1. The Bertz CT molecular complexity index is 1730. The number of halogens is 1. The van der Waals surface area contributed by atoms with Gasteiger partial charge in [0.2, 0.25) is 15.8 Å². The highest BCUT2D eigenvalue weighted by Crippen LogP contribution is 2.41. The SMILES string of the molecule is CC(OC(=O)Nc1cnoc1C#Cc1nc2sc(C3(C(=O)O)CN(S(C)(=O)=O)C3)nc2s1)c1ccccc1Cl. The largest absolute Gasteiger partial charge is 0.480 e. The van der Waals surface area contributed by atoms with Gasteiger partial charge in [0, 0.05) is 23.7 Å². The Kier molecular flexibility index (Phi) is 7.08. The first-order valence-corrected chi connectivity index (χ1v) is 15.0. The van der Waals surface area contributed by atoms with E-state index in [-0.39, 0.29) is 29.5 Å². The highest BCUT2D eigenvalue weighted by molar-refractivity contribution is 7.88. The van der Waals surface area contributed by atoms with Crippen LogP contribution in [0.1, 0.15) is 34.4 Å². The number of amides is 1. The summed E-state index contributed by atoms with van der Waals surface area (Å²) in [6.07, 6.45) is 0.954. The molecule has 0 saturated carbocycles. The summed E-state index contributed by atoms with van der Waals surface area (Å²) in [5.41, 5.74) is -0.556. The third kappa shape index (κ3) is 5.34. The number of fused-ring (bicyclic) bond motifs is 1. The van der Waals surface area contributed by atoms with E-state index in [4.69, 9.17) is 20.9 Å². The molecule has 0 radical (unpaired) electrons. The Morgan fingerprint density at radius 1 is 1.23 bits per heavy atom. The standard InChI is InChI=1S/C23H18ClN5O7S3/c1-12(13-5-3-4-6-14(13)24)35-22(32)26-15-9-25-36-16(15)7-8-17-27-18-19(37-17)28-20(38-18)23(21(30)31)10-29(11-23)39(2,33)34/h3-6,9,12H,10-11H2,1-2H3,(H,26,32)(H,30,31). The Hall–Kier alpha value is -3.55. The number of anilines is 1. The molecule has 1 atom stereocenters. The first-order valence-electron chi connectivity index (χ1n) is 11.1. The molecule has 5 rings (SSSR count). The second kappa shape index (κ2) is 10.2. The van der Waals surface area contributed by atoms with Crippen molar-refractivity contribution in [3.63, 3.8) is 0 Å². The Labute approximate surface area is 234 Å². The average Bonchev–Trinajstić information content (AvgIpc) is 3.51. The molecule has 1 aliphatic rings. The molecule has 1 saturated heterocycles. The van der Waals surface area contributed by atoms with Gasteiger partial charge in [0.1, 0.15) is 22.2 Å². The van der Waals surface area contributed by atoms with Gasteiger partial charge in [-0.15, -0.1) is 0 Å². The second-order valence-electron chi connectivity index (χ2n) is 8.58.